The standard InChI is InChI=1S/C53H68N8O8/c1-6-59-44-17-16-35-28-39(44)40(48(59)38-14-9-19-54-46(38)32(2)68-5)29-53(3,4)31-69-52(67)41-15-10-22-61(57-41)51(66)42(26-33-24-36(35)27-37(62)25-33)56-49(64)47(34-12-7-8-13-34)60-21-11-20-58(23-18-45(60)63)50(65)43-30-55-43/h9,14,16-17,19,24-25,27-28,32,34,41-43,47,55,57,62H,6-8,10-13,15,18,20-23,26,29-31H2,1-5H3,(H,56,64)/t32-,41-,42-,43+,47?/m0/s1. The molecule has 2 aromatic heterocycles. The Bertz CT molecular complexity index is 2600. The molecule has 4 amide bonds. The summed E-state index contributed by atoms with van der Waals surface area (Å²) in [6.45, 7) is 11.1. The van der Waals surface area contributed by atoms with Gasteiger partial charge in [0.05, 0.1) is 30.1 Å². The Morgan fingerprint density at radius 3 is 2.54 bits per heavy atom. The van der Waals surface area contributed by atoms with E-state index in [1.54, 1.807) is 35.2 Å². The molecular formula is C53H68N8O8. The lowest BCUT2D eigenvalue weighted by molar-refractivity contribution is -0.155. The maximum absolute atomic E-state index is 15.0. The number of carbonyl (C=O) groups is 5. The van der Waals surface area contributed by atoms with E-state index in [1.807, 2.05) is 25.1 Å². The fourth-order valence-corrected chi connectivity index (χ4v) is 11.2. The summed E-state index contributed by atoms with van der Waals surface area (Å²) in [6, 6.07) is 12.7. The van der Waals surface area contributed by atoms with Crippen molar-refractivity contribution in [3.8, 4) is 28.1 Å². The highest BCUT2D eigenvalue weighted by molar-refractivity contribution is 5.96. The van der Waals surface area contributed by atoms with Gasteiger partial charge in [-0.1, -0.05) is 38.8 Å². The number of ether oxygens (including phenoxy) is 2. The number of phenolic OH excluding ortho intramolecular Hbond substituents is 1. The number of methoxy groups -OCH3 is 1. The zero-order valence-corrected chi connectivity index (χ0v) is 40.7. The zero-order valence-electron chi connectivity index (χ0n) is 40.7. The maximum atomic E-state index is 15.0. The zero-order chi connectivity index (χ0) is 48.6. The van der Waals surface area contributed by atoms with Gasteiger partial charge in [0.15, 0.2) is 0 Å². The second-order valence-corrected chi connectivity index (χ2v) is 20.5. The second-order valence-electron chi connectivity index (χ2n) is 20.5. The van der Waals surface area contributed by atoms with Crippen LogP contribution in [0.15, 0.2) is 54.7 Å². The molecule has 4 aliphatic heterocycles. The van der Waals surface area contributed by atoms with Crippen molar-refractivity contribution in [2.75, 3.05) is 46.4 Å². The molecule has 69 heavy (non-hydrogen) atoms. The van der Waals surface area contributed by atoms with Crippen molar-refractivity contribution in [3.05, 3.63) is 71.5 Å². The summed E-state index contributed by atoms with van der Waals surface area (Å²) in [4.78, 5) is 79.2. The number of aryl methyl sites for hydroxylation is 1. The monoisotopic (exact) mass is 945 g/mol. The van der Waals surface area contributed by atoms with E-state index in [0.717, 1.165) is 70.2 Å². The summed E-state index contributed by atoms with van der Waals surface area (Å²) in [7, 11) is 1.68. The Hall–Kier alpha value is -5.84. The van der Waals surface area contributed by atoms with Crippen LogP contribution in [-0.2, 0) is 52.8 Å². The van der Waals surface area contributed by atoms with Crippen molar-refractivity contribution < 1.29 is 38.6 Å². The highest BCUT2D eigenvalue weighted by Gasteiger charge is 2.42. The fraction of sp³-hybridized carbons (Fsp3) is 0.547. The van der Waals surface area contributed by atoms with E-state index in [9.17, 15) is 29.1 Å². The van der Waals surface area contributed by atoms with Gasteiger partial charge in [0.2, 0.25) is 17.7 Å². The summed E-state index contributed by atoms with van der Waals surface area (Å²) in [5.41, 5.74) is 9.71. The van der Waals surface area contributed by atoms with Gasteiger partial charge in [-0.15, -0.1) is 0 Å². The quantitative estimate of drug-likeness (QED) is 0.123. The fourth-order valence-electron chi connectivity index (χ4n) is 11.2. The molecule has 16 heteroatoms. The van der Waals surface area contributed by atoms with Crippen molar-refractivity contribution in [2.24, 2.45) is 11.3 Å². The summed E-state index contributed by atoms with van der Waals surface area (Å²) in [6.07, 6.45) is 7.09. The Morgan fingerprint density at radius 2 is 1.78 bits per heavy atom. The third kappa shape index (κ3) is 10.2. The van der Waals surface area contributed by atoms with Gasteiger partial charge < -0.3 is 39.6 Å². The third-order valence-electron chi connectivity index (χ3n) is 14.9. The maximum Gasteiger partial charge on any atom is 0.324 e. The molecule has 0 radical (unpaired) electrons. The average Bonchev–Trinajstić information content (AvgIpc) is 3.97. The molecule has 5 atom stereocenters. The first kappa shape index (κ1) is 48.2. The van der Waals surface area contributed by atoms with Crippen LogP contribution in [0, 0.1) is 11.3 Å². The first-order valence-corrected chi connectivity index (χ1v) is 25.1. The van der Waals surface area contributed by atoms with Crippen molar-refractivity contribution in [1.29, 1.82) is 0 Å². The predicted molar refractivity (Wildman–Crippen MR) is 260 cm³/mol. The number of hydrazine groups is 1. The van der Waals surface area contributed by atoms with E-state index in [4.69, 9.17) is 14.5 Å². The van der Waals surface area contributed by atoms with Gasteiger partial charge in [0.25, 0.3) is 5.91 Å². The number of benzene rings is 2. The van der Waals surface area contributed by atoms with E-state index >= 15 is 0 Å². The lowest BCUT2D eigenvalue weighted by atomic mass is 9.84. The second kappa shape index (κ2) is 20.2. The lowest BCUT2D eigenvalue weighted by Crippen LogP contribution is -2.62. The van der Waals surface area contributed by atoms with Gasteiger partial charge in [0.1, 0.15) is 23.9 Å². The normalized spacial score (nSPS) is 23.5. The first-order valence-electron chi connectivity index (χ1n) is 25.1. The largest absolute Gasteiger partial charge is 0.508 e. The summed E-state index contributed by atoms with van der Waals surface area (Å²) in [5, 5.41) is 20.1. The molecule has 1 saturated carbocycles. The Morgan fingerprint density at radius 1 is 0.986 bits per heavy atom. The number of pyridine rings is 1. The number of amides is 4. The highest BCUT2D eigenvalue weighted by atomic mass is 16.5. The highest BCUT2D eigenvalue weighted by Crippen LogP contribution is 2.42. The van der Waals surface area contributed by atoms with Crippen molar-refractivity contribution in [3.63, 3.8) is 0 Å². The van der Waals surface area contributed by atoms with Gasteiger partial charge in [-0.3, -0.25) is 34.0 Å². The molecule has 6 heterocycles. The summed E-state index contributed by atoms with van der Waals surface area (Å²) in [5.74, 6) is -1.58. The van der Waals surface area contributed by atoms with Crippen LogP contribution in [-0.4, -0.2) is 130 Å². The molecule has 1 unspecified atom stereocenters. The number of aromatic hydroxyl groups is 1. The number of hydrogen-bond acceptors (Lipinski definition) is 11. The van der Waals surface area contributed by atoms with Crippen molar-refractivity contribution >= 4 is 40.5 Å². The number of nitrogens with zero attached hydrogens (tertiary/aromatic N) is 5. The van der Waals surface area contributed by atoms with Crippen LogP contribution in [0.3, 0.4) is 0 Å². The average molecular weight is 945 g/mol. The number of rotatable bonds is 9. The van der Waals surface area contributed by atoms with Crippen LogP contribution in [0.1, 0.15) is 102 Å². The number of nitrogens with one attached hydrogen (secondary N) is 3. The number of carbonyl (C=O) groups excluding carboxylic acids is 5. The van der Waals surface area contributed by atoms with Crippen LogP contribution in [0.25, 0.3) is 33.3 Å². The van der Waals surface area contributed by atoms with E-state index in [2.05, 4.69) is 59.6 Å². The third-order valence-corrected chi connectivity index (χ3v) is 14.9. The van der Waals surface area contributed by atoms with Gasteiger partial charge in [-0.2, -0.15) is 0 Å². The number of phenols is 1. The molecule has 1 aliphatic carbocycles. The molecule has 368 valence electrons. The molecule has 6 bridgehead atoms. The van der Waals surface area contributed by atoms with Gasteiger partial charge in [-0.05, 0) is 117 Å². The van der Waals surface area contributed by atoms with E-state index in [0.29, 0.717) is 64.0 Å². The van der Waals surface area contributed by atoms with Crippen molar-refractivity contribution in [1.82, 2.24) is 40.4 Å². The van der Waals surface area contributed by atoms with Crippen LogP contribution >= 0.6 is 0 Å². The van der Waals surface area contributed by atoms with Crippen LogP contribution in [0.5, 0.6) is 5.75 Å². The molecule has 5 aliphatic rings. The number of cyclic esters (lactones) is 1. The topological polar surface area (TPSA) is 198 Å². The predicted octanol–water partition coefficient (Wildman–Crippen LogP) is 5.43. The van der Waals surface area contributed by atoms with Crippen LogP contribution < -0.4 is 16.1 Å². The van der Waals surface area contributed by atoms with Gasteiger partial charge in [0, 0.05) is 87.3 Å². The van der Waals surface area contributed by atoms with Crippen LogP contribution in [0.2, 0.25) is 0 Å². The SMILES string of the molecule is CCn1c(-c2cccnc2[C@H](C)OC)c2c3cc(ccc31)-c1cc(O)cc(c1)C[C@H](NC(=O)C(C1CCCC1)N1CCCN(C(=O)[C@H]3CN3)CCC1=O)C(=O)N1CCC[C@H](N1)C(=O)OCC(C)(C)C2. The first-order chi connectivity index (χ1) is 33.2. The molecule has 4 fully saturated rings. The number of aromatic nitrogens is 2. The van der Waals surface area contributed by atoms with E-state index in [1.165, 1.54) is 5.01 Å². The Kier molecular flexibility index (Phi) is 14.1. The molecule has 0 spiro atoms. The Labute approximate surface area is 404 Å². The van der Waals surface area contributed by atoms with E-state index in [-0.39, 0.29) is 61.6 Å². The molecule has 2 aromatic carbocycles. The van der Waals surface area contributed by atoms with Crippen molar-refractivity contribution in [2.45, 2.75) is 129 Å². The minimum atomic E-state index is -1.13. The summed E-state index contributed by atoms with van der Waals surface area (Å²) >= 11 is 0. The Balaban J connectivity index is 1.11. The van der Waals surface area contributed by atoms with E-state index < -0.39 is 41.3 Å². The molecule has 16 nitrogen and oxygen atoms in total. The molecule has 9 rings (SSSR count). The summed E-state index contributed by atoms with van der Waals surface area (Å²) < 4.78 is 14.3. The number of hydrogen-bond donors (Lipinski definition) is 4. The lowest BCUT2D eigenvalue weighted by Gasteiger charge is -2.39. The molecule has 3 saturated heterocycles. The molecular weight excluding hydrogens is 877 g/mol. The van der Waals surface area contributed by atoms with Gasteiger partial charge in [-0.25, -0.2) is 5.43 Å². The molecule has 4 N–H and O–H groups in total. The van der Waals surface area contributed by atoms with Crippen LogP contribution in [0.4, 0.5) is 0 Å². The van der Waals surface area contributed by atoms with Gasteiger partial charge >= 0.3 is 5.97 Å². The minimum absolute atomic E-state index is 0.00838. The minimum Gasteiger partial charge on any atom is -0.508 e. The smallest absolute Gasteiger partial charge is 0.324 e. The number of fused-ring (bicyclic) bond motifs is 6. The molecule has 4 aromatic rings. The number of esters is 1.